The van der Waals surface area contributed by atoms with Gasteiger partial charge in [-0.2, -0.15) is 0 Å². The first-order valence-electron chi connectivity index (χ1n) is 6.54. The van der Waals surface area contributed by atoms with Crippen molar-refractivity contribution >= 4 is 10.0 Å². The van der Waals surface area contributed by atoms with E-state index in [0.717, 1.165) is 24.8 Å². The largest absolute Gasteiger partial charge is 0.396 e. The van der Waals surface area contributed by atoms with Gasteiger partial charge in [0, 0.05) is 25.6 Å². The van der Waals surface area contributed by atoms with E-state index >= 15 is 0 Å². The zero-order valence-corrected chi connectivity index (χ0v) is 12.3. The highest BCUT2D eigenvalue weighted by Gasteiger charge is 2.39. The summed E-state index contributed by atoms with van der Waals surface area (Å²) in [4.78, 5) is 0.352. The SMILES string of the molecule is Cc1ccccc1S(=O)(=O)N(C)CC1(CO)CCC1. The lowest BCUT2D eigenvalue weighted by molar-refractivity contribution is 0.0311. The minimum absolute atomic E-state index is 0.0562. The minimum atomic E-state index is -3.47. The first kappa shape index (κ1) is 14.5. The highest BCUT2D eigenvalue weighted by atomic mass is 32.2. The van der Waals surface area contributed by atoms with Gasteiger partial charge < -0.3 is 5.11 Å². The molecule has 106 valence electrons. The highest BCUT2D eigenvalue weighted by Crippen LogP contribution is 2.41. The lowest BCUT2D eigenvalue weighted by Gasteiger charge is -2.42. The van der Waals surface area contributed by atoms with Crippen LogP contribution in [0.2, 0.25) is 0 Å². The third-order valence-corrected chi connectivity index (χ3v) is 6.05. The summed E-state index contributed by atoms with van der Waals surface area (Å²) in [6.45, 7) is 2.24. The van der Waals surface area contributed by atoms with Crippen molar-refractivity contribution in [3.63, 3.8) is 0 Å². The normalized spacial score (nSPS) is 18.3. The monoisotopic (exact) mass is 283 g/mol. The summed E-state index contributed by atoms with van der Waals surface area (Å²) in [6, 6.07) is 6.99. The van der Waals surface area contributed by atoms with E-state index in [-0.39, 0.29) is 12.0 Å². The first-order chi connectivity index (χ1) is 8.91. The van der Waals surface area contributed by atoms with E-state index < -0.39 is 10.0 Å². The summed E-state index contributed by atoms with van der Waals surface area (Å²) in [6.07, 6.45) is 2.87. The molecule has 4 nitrogen and oxygen atoms in total. The Bertz CT molecular complexity index is 544. The van der Waals surface area contributed by atoms with Gasteiger partial charge in [0.05, 0.1) is 4.90 Å². The number of nitrogens with zero attached hydrogens (tertiary/aromatic N) is 1. The van der Waals surface area contributed by atoms with Crippen LogP contribution in [0.4, 0.5) is 0 Å². The average molecular weight is 283 g/mol. The maximum Gasteiger partial charge on any atom is 0.243 e. The number of aliphatic hydroxyl groups excluding tert-OH is 1. The van der Waals surface area contributed by atoms with Crippen molar-refractivity contribution in [2.75, 3.05) is 20.2 Å². The second-order valence-corrected chi connectivity index (χ2v) is 7.55. The Morgan fingerprint density at radius 3 is 2.42 bits per heavy atom. The van der Waals surface area contributed by atoms with Gasteiger partial charge in [-0.05, 0) is 31.4 Å². The Morgan fingerprint density at radius 2 is 1.95 bits per heavy atom. The lowest BCUT2D eigenvalue weighted by atomic mass is 9.69. The van der Waals surface area contributed by atoms with E-state index in [1.54, 1.807) is 32.2 Å². The summed E-state index contributed by atoms with van der Waals surface area (Å²) in [5.74, 6) is 0. The molecule has 1 saturated carbocycles. The molecule has 0 heterocycles. The van der Waals surface area contributed by atoms with Gasteiger partial charge in [0.1, 0.15) is 0 Å². The van der Waals surface area contributed by atoms with Gasteiger partial charge >= 0.3 is 0 Å². The predicted molar refractivity (Wildman–Crippen MR) is 74.4 cm³/mol. The van der Waals surface area contributed by atoms with Crippen molar-refractivity contribution in [1.29, 1.82) is 0 Å². The molecule has 0 bridgehead atoms. The number of benzene rings is 1. The Labute approximate surface area is 115 Å². The quantitative estimate of drug-likeness (QED) is 0.896. The van der Waals surface area contributed by atoms with Gasteiger partial charge in [-0.1, -0.05) is 24.6 Å². The summed E-state index contributed by atoms with van der Waals surface area (Å²) in [5.41, 5.74) is 0.519. The Kier molecular flexibility index (Phi) is 3.99. The van der Waals surface area contributed by atoms with Crippen molar-refractivity contribution in [2.45, 2.75) is 31.1 Å². The number of hydrogen-bond donors (Lipinski definition) is 1. The van der Waals surface area contributed by atoms with Gasteiger partial charge in [-0.25, -0.2) is 12.7 Å². The fourth-order valence-corrected chi connectivity index (χ4v) is 4.12. The van der Waals surface area contributed by atoms with E-state index in [1.807, 2.05) is 6.07 Å². The van der Waals surface area contributed by atoms with Crippen LogP contribution in [0.5, 0.6) is 0 Å². The predicted octanol–water partition coefficient (Wildman–Crippen LogP) is 1.78. The molecule has 0 spiro atoms. The summed E-state index contributed by atoms with van der Waals surface area (Å²) < 4.78 is 26.4. The van der Waals surface area contributed by atoms with Crippen LogP contribution in [0.25, 0.3) is 0 Å². The maximum atomic E-state index is 12.5. The summed E-state index contributed by atoms with van der Waals surface area (Å²) >= 11 is 0. The van der Waals surface area contributed by atoms with E-state index in [1.165, 1.54) is 4.31 Å². The molecule has 1 aliphatic carbocycles. The van der Waals surface area contributed by atoms with Crippen molar-refractivity contribution in [3.8, 4) is 0 Å². The fraction of sp³-hybridized carbons (Fsp3) is 0.571. The van der Waals surface area contributed by atoms with Gasteiger partial charge in [-0.3, -0.25) is 0 Å². The number of hydrogen-bond acceptors (Lipinski definition) is 3. The van der Waals surface area contributed by atoms with Gasteiger partial charge in [0.15, 0.2) is 0 Å². The molecule has 1 aromatic carbocycles. The van der Waals surface area contributed by atoms with Crippen molar-refractivity contribution < 1.29 is 13.5 Å². The zero-order valence-electron chi connectivity index (χ0n) is 11.5. The van der Waals surface area contributed by atoms with E-state index in [9.17, 15) is 13.5 Å². The molecule has 0 unspecified atom stereocenters. The highest BCUT2D eigenvalue weighted by molar-refractivity contribution is 7.89. The van der Waals surface area contributed by atoms with Crippen LogP contribution in [-0.4, -0.2) is 38.0 Å². The van der Waals surface area contributed by atoms with Crippen LogP contribution in [-0.2, 0) is 10.0 Å². The molecule has 1 aromatic rings. The maximum absolute atomic E-state index is 12.5. The standard InChI is InChI=1S/C14H21NO3S/c1-12-6-3-4-7-13(12)19(17,18)15(2)10-14(11-16)8-5-9-14/h3-4,6-7,16H,5,8-11H2,1-2H3. The van der Waals surface area contributed by atoms with Crippen LogP contribution >= 0.6 is 0 Å². The molecular formula is C14H21NO3S. The molecule has 2 rings (SSSR count). The second kappa shape index (κ2) is 5.23. The zero-order chi connectivity index (χ0) is 14.1. The van der Waals surface area contributed by atoms with E-state index in [0.29, 0.717) is 11.4 Å². The number of sulfonamides is 1. The molecule has 0 aromatic heterocycles. The van der Waals surface area contributed by atoms with Crippen molar-refractivity contribution in [3.05, 3.63) is 29.8 Å². The molecule has 1 aliphatic rings. The molecular weight excluding hydrogens is 262 g/mol. The summed E-state index contributed by atoms with van der Waals surface area (Å²) in [7, 11) is -1.87. The second-order valence-electron chi connectivity index (χ2n) is 5.54. The topological polar surface area (TPSA) is 57.6 Å². The van der Waals surface area contributed by atoms with Crippen LogP contribution < -0.4 is 0 Å². The van der Waals surface area contributed by atoms with Crippen molar-refractivity contribution in [1.82, 2.24) is 4.31 Å². The number of rotatable bonds is 5. The minimum Gasteiger partial charge on any atom is -0.396 e. The molecule has 0 saturated heterocycles. The molecule has 1 fully saturated rings. The summed E-state index contributed by atoms with van der Waals surface area (Å²) in [5, 5.41) is 9.45. The molecule has 0 radical (unpaired) electrons. The van der Waals surface area contributed by atoms with E-state index in [2.05, 4.69) is 0 Å². The van der Waals surface area contributed by atoms with Gasteiger partial charge in [0.25, 0.3) is 0 Å². The van der Waals surface area contributed by atoms with Crippen molar-refractivity contribution in [2.24, 2.45) is 5.41 Å². The third-order valence-electron chi connectivity index (χ3n) is 4.09. The molecule has 5 heteroatoms. The van der Waals surface area contributed by atoms with Gasteiger partial charge in [-0.15, -0.1) is 0 Å². The van der Waals surface area contributed by atoms with Crippen LogP contribution in [0, 0.1) is 12.3 Å². The van der Waals surface area contributed by atoms with Crippen LogP contribution in [0.1, 0.15) is 24.8 Å². The fourth-order valence-electron chi connectivity index (χ4n) is 2.61. The lowest BCUT2D eigenvalue weighted by Crippen LogP contribution is -2.45. The Morgan fingerprint density at radius 1 is 1.32 bits per heavy atom. The van der Waals surface area contributed by atoms with E-state index in [4.69, 9.17) is 0 Å². The number of aliphatic hydroxyl groups is 1. The molecule has 19 heavy (non-hydrogen) atoms. The first-order valence-corrected chi connectivity index (χ1v) is 7.98. The molecule has 1 N–H and O–H groups in total. The Balaban J connectivity index is 2.23. The average Bonchev–Trinajstić information content (AvgIpc) is 2.33. The smallest absolute Gasteiger partial charge is 0.243 e. The molecule has 0 amide bonds. The van der Waals surface area contributed by atoms with Gasteiger partial charge in [0.2, 0.25) is 10.0 Å². The molecule has 0 atom stereocenters. The van der Waals surface area contributed by atoms with Crippen LogP contribution in [0.3, 0.4) is 0 Å². The number of aryl methyl sites for hydroxylation is 1. The Hall–Kier alpha value is -0.910. The third kappa shape index (κ3) is 2.68. The molecule has 0 aliphatic heterocycles. The van der Waals surface area contributed by atoms with Crippen LogP contribution in [0.15, 0.2) is 29.2 Å².